The molecule has 0 bridgehead atoms. The number of rotatable bonds is 6. The van der Waals surface area contributed by atoms with Crippen molar-refractivity contribution < 1.29 is 18.7 Å². The molecule has 2 heterocycles. The topological polar surface area (TPSA) is 59.8 Å². The zero-order chi connectivity index (χ0) is 25.1. The minimum absolute atomic E-state index is 0.116. The lowest BCUT2D eigenvalue weighted by Crippen LogP contribution is -2.24. The Kier molecular flexibility index (Phi) is 6.37. The van der Waals surface area contributed by atoms with Crippen molar-refractivity contribution in [3.63, 3.8) is 0 Å². The van der Waals surface area contributed by atoms with Crippen LogP contribution in [0.4, 0.5) is 5.69 Å². The molecule has 0 unspecified atom stereocenters. The third-order valence-electron chi connectivity index (χ3n) is 5.95. The van der Waals surface area contributed by atoms with E-state index < -0.39 is 0 Å². The van der Waals surface area contributed by atoms with Crippen molar-refractivity contribution in [2.75, 3.05) is 11.5 Å². The summed E-state index contributed by atoms with van der Waals surface area (Å²) >= 11 is 0. The summed E-state index contributed by atoms with van der Waals surface area (Å²) in [4.78, 5) is 27.2. The summed E-state index contributed by atoms with van der Waals surface area (Å²) in [7, 11) is 0. The predicted molar refractivity (Wildman–Crippen MR) is 141 cm³/mol. The number of benzene rings is 3. The lowest BCUT2D eigenvalue weighted by atomic mass is 10.1. The summed E-state index contributed by atoms with van der Waals surface area (Å²) in [5.74, 6) is 0.741. The van der Waals surface area contributed by atoms with Gasteiger partial charge in [0.1, 0.15) is 11.5 Å². The van der Waals surface area contributed by atoms with Crippen LogP contribution in [0.25, 0.3) is 23.1 Å². The maximum Gasteiger partial charge on any atom is 0.338 e. The largest absolute Gasteiger partial charge is 0.462 e. The van der Waals surface area contributed by atoms with Crippen molar-refractivity contribution in [2.45, 2.75) is 13.8 Å². The van der Waals surface area contributed by atoms with Crippen molar-refractivity contribution in [3.05, 3.63) is 125 Å². The van der Waals surface area contributed by atoms with Crippen LogP contribution in [-0.4, -0.2) is 18.5 Å². The smallest absolute Gasteiger partial charge is 0.338 e. The molecule has 1 aliphatic rings. The molecular weight excluding hydrogens is 450 g/mol. The second kappa shape index (κ2) is 9.92. The molecule has 0 spiro atoms. The summed E-state index contributed by atoms with van der Waals surface area (Å²) < 4.78 is 11.1. The van der Waals surface area contributed by atoms with Gasteiger partial charge >= 0.3 is 5.97 Å². The number of esters is 1. The Hall–Kier alpha value is -4.64. The summed E-state index contributed by atoms with van der Waals surface area (Å²) in [6.07, 6.45) is 3.66. The lowest BCUT2D eigenvalue weighted by Gasteiger charge is -2.21. The van der Waals surface area contributed by atoms with E-state index in [2.05, 4.69) is 0 Å². The SMILES string of the molecule is CCOC(=O)c1ccc(-c2ccc(/C=C3/C=C(c4ccccc4)N(c4ccc(C)cc4)C3=O)o2)cc1. The van der Waals surface area contributed by atoms with E-state index in [-0.39, 0.29) is 11.9 Å². The first-order valence-corrected chi connectivity index (χ1v) is 11.8. The highest BCUT2D eigenvalue weighted by atomic mass is 16.5. The Morgan fingerprint density at radius 1 is 0.889 bits per heavy atom. The molecule has 0 fully saturated rings. The van der Waals surface area contributed by atoms with Crippen LogP contribution in [0.2, 0.25) is 0 Å². The van der Waals surface area contributed by atoms with Crippen LogP contribution in [-0.2, 0) is 9.53 Å². The maximum atomic E-state index is 13.5. The minimum Gasteiger partial charge on any atom is -0.462 e. The highest BCUT2D eigenvalue weighted by molar-refractivity contribution is 6.23. The molecule has 178 valence electrons. The first kappa shape index (κ1) is 23.1. The van der Waals surface area contributed by atoms with Gasteiger partial charge in [0.05, 0.1) is 17.9 Å². The number of carbonyl (C=O) groups is 2. The van der Waals surface area contributed by atoms with E-state index in [1.54, 1.807) is 30.0 Å². The molecule has 3 aromatic carbocycles. The normalized spacial score (nSPS) is 14.3. The number of hydrogen-bond donors (Lipinski definition) is 0. The van der Waals surface area contributed by atoms with E-state index in [0.717, 1.165) is 28.1 Å². The number of furan rings is 1. The van der Waals surface area contributed by atoms with Crippen LogP contribution >= 0.6 is 0 Å². The fourth-order valence-electron chi connectivity index (χ4n) is 4.11. The quantitative estimate of drug-likeness (QED) is 0.225. The van der Waals surface area contributed by atoms with Crippen LogP contribution < -0.4 is 4.90 Å². The van der Waals surface area contributed by atoms with E-state index in [9.17, 15) is 9.59 Å². The van der Waals surface area contributed by atoms with Gasteiger partial charge in [-0.25, -0.2) is 4.79 Å². The predicted octanol–water partition coefficient (Wildman–Crippen LogP) is 6.90. The van der Waals surface area contributed by atoms with Gasteiger partial charge in [0.25, 0.3) is 5.91 Å². The van der Waals surface area contributed by atoms with Gasteiger partial charge in [-0.3, -0.25) is 9.69 Å². The lowest BCUT2D eigenvalue weighted by molar-refractivity contribution is -0.113. The average Bonchev–Trinajstić information content (AvgIpc) is 3.50. The number of anilines is 1. The summed E-state index contributed by atoms with van der Waals surface area (Å²) in [5.41, 5.74) is 5.56. The highest BCUT2D eigenvalue weighted by Gasteiger charge is 2.30. The first-order chi connectivity index (χ1) is 17.5. The number of hydrogen-bond acceptors (Lipinski definition) is 4. The summed E-state index contributed by atoms with van der Waals surface area (Å²) in [6, 6.07) is 28.5. The molecule has 5 heteroatoms. The van der Waals surface area contributed by atoms with Gasteiger partial charge in [-0.1, -0.05) is 60.2 Å². The van der Waals surface area contributed by atoms with Crippen molar-refractivity contribution >= 4 is 29.3 Å². The van der Waals surface area contributed by atoms with Gasteiger partial charge in [0.15, 0.2) is 0 Å². The maximum absolute atomic E-state index is 13.5. The van der Waals surface area contributed by atoms with Crippen molar-refractivity contribution in [1.82, 2.24) is 0 Å². The molecule has 0 radical (unpaired) electrons. The first-order valence-electron chi connectivity index (χ1n) is 11.8. The molecule has 0 saturated heterocycles. The Bertz CT molecular complexity index is 1460. The average molecular weight is 476 g/mol. The van der Waals surface area contributed by atoms with Gasteiger partial charge in [0.2, 0.25) is 0 Å². The molecule has 1 amide bonds. The van der Waals surface area contributed by atoms with E-state index in [4.69, 9.17) is 9.15 Å². The Morgan fingerprint density at radius 3 is 2.31 bits per heavy atom. The van der Waals surface area contributed by atoms with Gasteiger partial charge in [-0.15, -0.1) is 0 Å². The van der Waals surface area contributed by atoms with Crippen molar-refractivity contribution in [3.8, 4) is 11.3 Å². The minimum atomic E-state index is -0.354. The Morgan fingerprint density at radius 2 is 1.61 bits per heavy atom. The van der Waals surface area contributed by atoms with Gasteiger partial charge in [-0.05, 0) is 68.0 Å². The van der Waals surface area contributed by atoms with Crippen molar-refractivity contribution in [2.24, 2.45) is 0 Å². The third-order valence-corrected chi connectivity index (χ3v) is 5.95. The van der Waals surface area contributed by atoms with E-state index in [1.165, 1.54) is 0 Å². The fourth-order valence-corrected chi connectivity index (χ4v) is 4.11. The molecule has 5 rings (SSSR count). The van der Waals surface area contributed by atoms with Gasteiger partial charge in [0, 0.05) is 16.8 Å². The monoisotopic (exact) mass is 475 g/mol. The summed E-state index contributed by atoms with van der Waals surface area (Å²) in [6.45, 7) is 4.13. The molecule has 0 atom stereocenters. The number of ether oxygens (including phenoxy) is 1. The zero-order valence-corrected chi connectivity index (χ0v) is 20.1. The van der Waals surface area contributed by atoms with Crippen LogP contribution in [0.15, 0.2) is 107 Å². The van der Waals surface area contributed by atoms with E-state index >= 15 is 0 Å². The fraction of sp³-hybridized carbons (Fsp3) is 0.0968. The van der Waals surface area contributed by atoms with Crippen LogP contribution in [0.5, 0.6) is 0 Å². The third kappa shape index (κ3) is 4.64. The zero-order valence-electron chi connectivity index (χ0n) is 20.1. The number of aryl methyl sites for hydroxylation is 1. The molecule has 1 aromatic heterocycles. The molecule has 4 aromatic rings. The summed E-state index contributed by atoms with van der Waals surface area (Å²) in [5, 5.41) is 0. The van der Waals surface area contributed by atoms with Gasteiger partial charge in [-0.2, -0.15) is 0 Å². The molecular formula is C31H25NO4. The number of carbonyl (C=O) groups excluding carboxylic acids is 2. The molecule has 0 N–H and O–H groups in total. The second-order valence-electron chi connectivity index (χ2n) is 8.47. The molecule has 0 saturated carbocycles. The van der Waals surface area contributed by atoms with Crippen LogP contribution in [0, 0.1) is 6.92 Å². The van der Waals surface area contributed by atoms with Crippen LogP contribution in [0.3, 0.4) is 0 Å². The Balaban J connectivity index is 1.46. The molecule has 5 nitrogen and oxygen atoms in total. The molecule has 36 heavy (non-hydrogen) atoms. The standard InChI is InChI=1S/C31H25NO4/c1-3-35-31(34)24-13-11-23(12-14-24)29-18-17-27(36-29)19-25-20-28(22-7-5-4-6-8-22)32(30(25)33)26-15-9-21(2)10-16-26/h4-20H,3H2,1-2H3/b25-19-. The van der Waals surface area contributed by atoms with E-state index in [0.29, 0.717) is 29.3 Å². The van der Waals surface area contributed by atoms with Crippen molar-refractivity contribution in [1.29, 1.82) is 0 Å². The van der Waals surface area contributed by atoms with E-state index in [1.807, 2.05) is 91.9 Å². The molecule has 0 aliphatic carbocycles. The molecule has 1 aliphatic heterocycles. The second-order valence-corrected chi connectivity index (χ2v) is 8.47. The van der Waals surface area contributed by atoms with Gasteiger partial charge < -0.3 is 9.15 Å². The highest BCUT2D eigenvalue weighted by Crippen LogP contribution is 2.35. The number of amides is 1. The number of nitrogens with zero attached hydrogens (tertiary/aromatic N) is 1. The van der Waals surface area contributed by atoms with Crippen LogP contribution in [0.1, 0.15) is 34.2 Å². The Labute approximate surface area is 209 Å².